The summed E-state index contributed by atoms with van der Waals surface area (Å²) in [7, 11) is 0. The maximum Gasteiger partial charge on any atom is 0.436 e. The molecular weight excluding hydrogens is 429 g/mol. The highest BCUT2D eigenvalue weighted by Crippen LogP contribution is 2.47. The highest BCUT2D eigenvalue weighted by atomic mass is 79.9. The van der Waals surface area contributed by atoms with Crippen molar-refractivity contribution in [2.24, 2.45) is 10.9 Å². The van der Waals surface area contributed by atoms with E-state index in [1.165, 1.54) is 4.68 Å². The summed E-state index contributed by atoms with van der Waals surface area (Å²) in [5, 5.41) is 7.20. The summed E-state index contributed by atoms with van der Waals surface area (Å²) in [6.45, 7) is -0.0416. The number of benzene rings is 1. The number of hydrogen-bond donors (Lipinski definition) is 1. The van der Waals surface area contributed by atoms with E-state index in [1.807, 2.05) is 0 Å². The van der Waals surface area contributed by atoms with Gasteiger partial charge in [0.05, 0.1) is 23.1 Å². The van der Waals surface area contributed by atoms with Crippen LogP contribution < -0.4 is 5.73 Å². The number of nitrogens with zero attached hydrogens (tertiary/aromatic N) is 3. The van der Waals surface area contributed by atoms with Gasteiger partial charge in [0, 0.05) is 11.5 Å². The lowest BCUT2D eigenvalue weighted by atomic mass is 10.2. The van der Waals surface area contributed by atoms with Gasteiger partial charge in [0.15, 0.2) is 11.5 Å². The van der Waals surface area contributed by atoms with Crippen LogP contribution in [0, 0.1) is 0 Å². The molecule has 0 spiro atoms. The zero-order valence-corrected chi connectivity index (χ0v) is 15.6. The van der Waals surface area contributed by atoms with E-state index < -0.39 is 17.8 Å². The highest BCUT2D eigenvalue weighted by Gasteiger charge is 2.41. The summed E-state index contributed by atoms with van der Waals surface area (Å²) in [4.78, 5) is 16.6. The van der Waals surface area contributed by atoms with Crippen LogP contribution in [-0.2, 0) is 22.4 Å². The number of aromatic nitrogens is 2. The second kappa shape index (κ2) is 7.71. The first-order valence-corrected chi connectivity index (χ1v) is 8.98. The molecule has 0 radical (unpaired) electrons. The SMILES string of the molecule is N/C(=N\OC(=O)CCn1nc(C(F)(F)F)c(Br)c1C1CC1)c1ccccc1. The van der Waals surface area contributed by atoms with Gasteiger partial charge in [-0.3, -0.25) is 4.68 Å². The molecule has 2 aromatic rings. The molecule has 1 aromatic heterocycles. The van der Waals surface area contributed by atoms with Crippen molar-refractivity contribution in [3.63, 3.8) is 0 Å². The molecule has 1 aliphatic carbocycles. The molecule has 2 N–H and O–H groups in total. The summed E-state index contributed by atoms with van der Waals surface area (Å²) in [6.07, 6.45) is -3.16. The van der Waals surface area contributed by atoms with Crippen molar-refractivity contribution in [3.8, 4) is 0 Å². The van der Waals surface area contributed by atoms with Crippen molar-refractivity contribution in [2.45, 2.75) is 37.9 Å². The number of rotatable bonds is 6. The molecule has 6 nitrogen and oxygen atoms in total. The number of carbonyl (C=O) groups excluding carboxylic acids is 1. The largest absolute Gasteiger partial charge is 0.436 e. The Morgan fingerprint density at radius 3 is 2.59 bits per heavy atom. The van der Waals surface area contributed by atoms with Crippen molar-refractivity contribution in [1.29, 1.82) is 0 Å². The second-order valence-electron chi connectivity index (χ2n) is 6.10. The van der Waals surface area contributed by atoms with Crippen LogP contribution >= 0.6 is 15.9 Å². The fourth-order valence-corrected chi connectivity index (χ4v) is 3.39. The number of amidine groups is 1. The summed E-state index contributed by atoms with van der Waals surface area (Å²) in [5.74, 6) is -0.662. The van der Waals surface area contributed by atoms with Gasteiger partial charge in [-0.15, -0.1) is 0 Å². The minimum Gasteiger partial charge on any atom is -0.380 e. The first-order chi connectivity index (χ1) is 12.8. The first kappa shape index (κ1) is 19.4. The van der Waals surface area contributed by atoms with Crippen LogP contribution in [0.5, 0.6) is 0 Å². The highest BCUT2D eigenvalue weighted by molar-refractivity contribution is 9.10. The molecule has 1 aliphatic rings. The van der Waals surface area contributed by atoms with E-state index in [1.54, 1.807) is 30.3 Å². The van der Waals surface area contributed by atoms with Gasteiger partial charge in [0.25, 0.3) is 0 Å². The smallest absolute Gasteiger partial charge is 0.380 e. The third-order valence-electron chi connectivity index (χ3n) is 4.01. The van der Waals surface area contributed by atoms with E-state index in [0.717, 1.165) is 12.8 Å². The Morgan fingerprint density at radius 2 is 2.00 bits per heavy atom. The number of nitrogens with two attached hydrogens (primary N) is 1. The van der Waals surface area contributed by atoms with Crippen LogP contribution in [0.15, 0.2) is 40.0 Å². The maximum absolute atomic E-state index is 13.1. The summed E-state index contributed by atoms with van der Waals surface area (Å²) >= 11 is 3.00. The van der Waals surface area contributed by atoms with Gasteiger partial charge in [-0.25, -0.2) is 4.79 Å². The normalized spacial score (nSPS) is 15.0. The zero-order valence-electron chi connectivity index (χ0n) is 14.0. The predicted octanol–water partition coefficient (Wildman–Crippen LogP) is 3.80. The average Bonchev–Trinajstić information content (AvgIpc) is 3.40. The number of alkyl halides is 3. The fraction of sp³-hybridized carbons (Fsp3) is 0.353. The maximum atomic E-state index is 13.1. The Hall–Kier alpha value is -2.36. The molecule has 144 valence electrons. The molecule has 10 heteroatoms. The molecule has 1 fully saturated rings. The Bertz CT molecular complexity index is 861. The Balaban J connectivity index is 1.65. The monoisotopic (exact) mass is 444 g/mol. The lowest BCUT2D eigenvalue weighted by molar-refractivity contribution is -0.144. The van der Waals surface area contributed by atoms with Crippen molar-refractivity contribution < 1.29 is 22.8 Å². The second-order valence-corrected chi connectivity index (χ2v) is 6.89. The summed E-state index contributed by atoms with van der Waals surface area (Å²) in [6, 6.07) is 8.72. The zero-order chi connectivity index (χ0) is 19.6. The molecule has 0 aliphatic heterocycles. The van der Waals surface area contributed by atoms with Crippen molar-refractivity contribution >= 4 is 27.7 Å². The number of carbonyl (C=O) groups is 1. The molecule has 3 rings (SSSR count). The molecule has 0 bridgehead atoms. The molecule has 0 unspecified atom stereocenters. The third-order valence-corrected chi connectivity index (χ3v) is 4.79. The number of hydrogen-bond acceptors (Lipinski definition) is 4. The minimum absolute atomic E-state index is 0.0192. The standard InChI is InChI=1S/C17H16BrF3N4O2/c18-13-14(10-6-7-10)25(23-15(13)17(19,20)21)9-8-12(26)27-24-16(22)11-4-2-1-3-5-11/h1-5,10H,6-9H2,(H2,22,24). The van der Waals surface area contributed by atoms with Gasteiger partial charge < -0.3 is 10.6 Å². The van der Waals surface area contributed by atoms with Crippen LogP contribution in [0.4, 0.5) is 13.2 Å². The molecule has 27 heavy (non-hydrogen) atoms. The van der Waals surface area contributed by atoms with E-state index in [0.29, 0.717) is 11.3 Å². The van der Waals surface area contributed by atoms with E-state index in [-0.39, 0.29) is 29.2 Å². The van der Waals surface area contributed by atoms with E-state index >= 15 is 0 Å². The number of aryl methyl sites for hydroxylation is 1. The van der Waals surface area contributed by atoms with Crippen molar-refractivity contribution in [1.82, 2.24) is 9.78 Å². The van der Waals surface area contributed by atoms with Crippen LogP contribution in [0.1, 0.15) is 42.1 Å². The average molecular weight is 445 g/mol. The lowest BCUT2D eigenvalue weighted by Crippen LogP contribution is -2.16. The van der Waals surface area contributed by atoms with E-state index in [9.17, 15) is 18.0 Å². The van der Waals surface area contributed by atoms with Crippen LogP contribution in [0.25, 0.3) is 0 Å². The number of halogens is 4. The van der Waals surface area contributed by atoms with Crippen molar-refractivity contribution in [2.75, 3.05) is 0 Å². The molecule has 0 atom stereocenters. The van der Waals surface area contributed by atoms with Gasteiger partial charge >= 0.3 is 12.1 Å². The van der Waals surface area contributed by atoms with Gasteiger partial charge in [0.1, 0.15) is 0 Å². The van der Waals surface area contributed by atoms with Crippen LogP contribution in [0.2, 0.25) is 0 Å². The summed E-state index contributed by atoms with van der Waals surface area (Å²) in [5.41, 5.74) is 5.79. The Morgan fingerprint density at radius 1 is 1.33 bits per heavy atom. The summed E-state index contributed by atoms with van der Waals surface area (Å²) < 4.78 is 40.4. The van der Waals surface area contributed by atoms with E-state index in [4.69, 9.17) is 10.6 Å². The lowest BCUT2D eigenvalue weighted by Gasteiger charge is -2.06. The van der Waals surface area contributed by atoms with Crippen LogP contribution in [-0.4, -0.2) is 21.6 Å². The molecule has 1 saturated carbocycles. The van der Waals surface area contributed by atoms with Gasteiger partial charge in [-0.2, -0.15) is 18.3 Å². The molecule has 0 amide bonds. The molecule has 1 heterocycles. The Labute approximate surface area is 161 Å². The van der Waals surface area contributed by atoms with Gasteiger partial charge in [-0.05, 0) is 28.8 Å². The fourth-order valence-electron chi connectivity index (χ4n) is 2.56. The minimum atomic E-state index is -4.57. The Kier molecular flexibility index (Phi) is 5.54. The van der Waals surface area contributed by atoms with Gasteiger partial charge in [-0.1, -0.05) is 35.5 Å². The van der Waals surface area contributed by atoms with Gasteiger partial charge in [0.2, 0.25) is 0 Å². The molecular formula is C17H16BrF3N4O2. The van der Waals surface area contributed by atoms with Crippen LogP contribution in [0.3, 0.4) is 0 Å². The molecule has 1 aromatic carbocycles. The first-order valence-electron chi connectivity index (χ1n) is 8.19. The topological polar surface area (TPSA) is 82.5 Å². The van der Waals surface area contributed by atoms with E-state index in [2.05, 4.69) is 26.2 Å². The third kappa shape index (κ3) is 4.68. The quantitative estimate of drug-likeness (QED) is 0.318. The predicted molar refractivity (Wildman–Crippen MR) is 94.8 cm³/mol. The van der Waals surface area contributed by atoms with Crippen molar-refractivity contribution in [3.05, 3.63) is 51.8 Å². The number of oxime groups is 1. The molecule has 0 saturated heterocycles.